The van der Waals surface area contributed by atoms with E-state index < -0.39 is 26.1 Å². The van der Waals surface area contributed by atoms with Gasteiger partial charge in [0.25, 0.3) is 8.32 Å². The Balaban J connectivity index is 1.66. The molecule has 0 saturated carbocycles. The number of carbonyl (C=O) groups excluding carboxylic acids is 1. The van der Waals surface area contributed by atoms with Gasteiger partial charge in [-0.25, -0.2) is 4.79 Å². The fraction of sp³-hybridized carbons (Fsp3) is 0.424. The molecule has 0 aromatic heterocycles. The summed E-state index contributed by atoms with van der Waals surface area (Å²) in [4.78, 5) is 24.4. The molecule has 0 aliphatic heterocycles. The zero-order valence-electron chi connectivity index (χ0n) is 24.7. The maximum Gasteiger partial charge on any atom is 0.407 e. The minimum absolute atomic E-state index is 0.0785. The van der Waals surface area contributed by atoms with Crippen molar-refractivity contribution in [1.82, 2.24) is 5.32 Å². The van der Waals surface area contributed by atoms with Gasteiger partial charge >= 0.3 is 6.09 Å². The molecule has 0 bridgehead atoms. The maximum absolute atomic E-state index is 12.4. The van der Waals surface area contributed by atoms with Crippen LogP contribution in [-0.4, -0.2) is 48.7 Å². The lowest BCUT2D eigenvalue weighted by atomic mass is 10.0. The van der Waals surface area contributed by atoms with Crippen molar-refractivity contribution in [3.63, 3.8) is 0 Å². The van der Waals surface area contributed by atoms with Crippen LogP contribution in [0.3, 0.4) is 0 Å². The van der Waals surface area contributed by atoms with Gasteiger partial charge in [-0.3, -0.25) is 0 Å². The van der Waals surface area contributed by atoms with Crippen molar-refractivity contribution in [3.8, 4) is 5.75 Å². The van der Waals surface area contributed by atoms with E-state index in [1.165, 1.54) is 0 Å². The Bertz CT molecular complexity index is 1170. The first-order valence-corrected chi connectivity index (χ1v) is 16.0. The van der Waals surface area contributed by atoms with Gasteiger partial charge in [-0.15, -0.1) is 0 Å². The van der Waals surface area contributed by atoms with Crippen LogP contribution in [-0.2, 0) is 11.2 Å². The van der Waals surface area contributed by atoms with Crippen molar-refractivity contribution >= 4 is 24.8 Å². The molecule has 3 aromatic carbocycles. The quantitative estimate of drug-likeness (QED) is 0.264. The monoisotopic (exact) mass is 563 g/mol. The Hall–Kier alpha value is -3.13. The average molecular weight is 564 g/mol. The van der Waals surface area contributed by atoms with E-state index in [0.29, 0.717) is 12.2 Å². The summed E-state index contributed by atoms with van der Waals surface area (Å²) in [5.41, 5.74) is 0.270. The number of aliphatic hydroxyl groups is 1. The van der Waals surface area contributed by atoms with Gasteiger partial charge in [0.05, 0.1) is 12.2 Å². The molecule has 6 nitrogen and oxygen atoms in total. The molecular weight excluding hydrogens is 518 g/mol. The molecule has 1 amide bonds. The second-order valence-corrected chi connectivity index (χ2v) is 16.1. The summed E-state index contributed by atoms with van der Waals surface area (Å²) >= 11 is 0. The van der Waals surface area contributed by atoms with Crippen LogP contribution in [0.1, 0.15) is 59.9 Å². The van der Waals surface area contributed by atoms with Gasteiger partial charge in [-0.05, 0) is 67.6 Å². The van der Waals surface area contributed by atoms with E-state index >= 15 is 0 Å². The first-order valence-electron chi connectivity index (χ1n) is 14.0. The third-order valence-corrected chi connectivity index (χ3v) is 11.7. The van der Waals surface area contributed by atoms with Crippen LogP contribution >= 0.6 is 0 Å². The molecule has 3 rings (SSSR count). The number of nitrogens with one attached hydrogen (secondary N) is 1. The molecule has 2 atom stereocenters. The van der Waals surface area contributed by atoms with Crippen molar-refractivity contribution in [2.45, 2.75) is 83.7 Å². The Kier molecular flexibility index (Phi) is 10.6. The van der Waals surface area contributed by atoms with Crippen LogP contribution in [0.5, 0.6) is 5.75 Å². The van der Waals surface area contributed by atoms with E-state index in [1.54, 1.807) is 20.8 Å². The summed E-state index contributed by atoms with van der Waals surface area (Å²) in [5, 5.41) is 14.8. The van der Waals surface area contributed by atoms with Crippen LogP contribution in [0.25, 0.3) is 0 Å². The molecule has 40 heavy (non-hydrogen) atoms. The van der Waals surface area contributed by atoms with Crippen LogP contribution in [0, 0.1) is 0 Å². The first kappa shape index (κ1) is 31.4. The number of benzene rings is 3. The summed E-state index contributed by atoms with van der Waals surface area (Å²) in [5.74, 6) is 0.711. The molecule has 0 radical (unpaired) electrons. The molecule has 0 spiro atoms. The highest BCUT2D eigenvalue weighted by atomic mass is 28.4. The number of ether oxygens (including phenoxy) is 2. The van der Waals surface area contributed by atoms with Crippen molar-refractivity contribution in [1.29, 1.82) is 0 Å². The Morgan fingerprint density at radius 2 is 1.40 bits per heavy atom. The third-order valence-electron chi connectivity index (χ3n) is 7.18. The molecule has 0 aliphatic rings. The van der Waals surface area contributed by atoms with E-state index in [0.717, 1.165) is 28.8 Å². The topological polar surface area (TPSA) is 88.0 Å². The van der Waals surface area contributed by atoms with Gasteiger partial charge in [0, 0.05) is 13.0 Å². The largest absolute Gasteiger partial charge is 0.490 e. The molecular formula is C33H45NO5Si. The number of aliphatic hydroxyl groups excluding tert-OH is 1. The number of amides is 1. The fourth-order valence-corrected chi connectivity index (χ4v) is 8.71. The Morgan fingerprint density at radius 3 is 1.95 bits per heavy atom. The summed E-state index contributed by atoms with van der Waals surface area (Å²) in [6.45, 7) is 11.8. The molecule has 0 saturated heterocycles. The number of rotatable bonds is 12. The van der Waals surface area contributed by atoms with Crippen molar-refractivity contribution in [2.24, 2.45) is 0 Å². The second kappa shape index (κ2) is 13.5. The van der Waals surface area contributed by atoms with E-state index in [-0.39, 0.29) is 17.7 Å². The molecule has 0 fully saturated rings. The van der Waals surface area contributed by atoms with Gasteiger partial charge < -0.3 is 24.7 Å². The van der Waals surface area contributed by atoms with Gasteiger partial charge in [-0.2, -0.15) is 0 Å². The molecule has 3 N–H and O–H groups in total. The zero-order valence-corrected chi connectivity index (χ0v) is 25.7. The number of alkyl carbamates (subject to hydrolysis) is 1. The molecule has 0 heterocycles. The first-order chi connectivity index (χ1) is 18.8. The Morgan fingerprint density at radius 1 is 0.875 bits per heavy atom. The lowest BCUT2D eigenvalue weighted by Crippen LogP contribution is -2.65. The predicted molar refractivity (Wildman–Crippen MR) is 164 cm³/mol. The highest BCUT2D eigenvalue weighted by molar-refractivity contribution is 6.98. The maximum atomic E-state index is 12.4. The lowest BCUT2D eigenvalue weighted by molar-refractivity contribution is 0.0491. The van der Waals surface area contributed by atoms with E-state index in [9.17, 15) is 14.7 Å². The fourth-order valence-electron chi connectivity index (χ4n) is 4.96. The highest BCUT2D eigenvalue weighted by Crippen LogP contribution is 2.40. The summed E-state index contributed by atoms with van der Waals surface area (Å²) in [6.07, 6.45) is 0.400. The molecule has 216 valence electrons. The summed E-state index contributed by atoms with van der Waals surface area (Å²) in [7, 11) is -3.09. The second-order valence-electron chi connectivity index (χ2n) is 12.1. The zero-order chi connectivity index (χ0) is 29.4. The van der Waals surface area contributed by atoms with Gasteiger partial charge in [0.15, 0.2) is 0 Å². The van der Waals surface area contributed by atoms with Gasteiger partial charge in [0.1, 0.15) is 11.4 Å². The predicted octanol–water partition coefficient (Wildman–Crippen LogP) is 5.19. The van der Waals surface area contributed by atoms with Crippen molar-refractivity contribution in [2.75, 3.05) is 6.54 Å². The number of hydrogen-bond acceptors (Lipinski definition) is 5. The van der Waals surface area contributed by atoms with Crippen LogP contribution < -0.4 is 20.4 Å². The van der Waals surface area contributed by atoms with Crippen LogP contribution in [0.4, 0.5) is 4.79 Å². The lowest BCUT2D eigenvalue weighted by Gasteiger charge is -2.41. The van der Waals surface area contributed by atoms with Crippen molar-refractivity contribution < 1.29 is 24.2 Å². The molecule has 1 unspecified atom stereocenters. The van der Waals surface area contributed by atoms with E-state index in [4.69, 9.17) is 9.47 Å². The van der Waals surface area contributed by atoms with E-state index in [1.807, 2.05) is 91.9 Å². The summed E-state index contributed by atoms with van der Waals surface area (Å²) < 4.78 is 11.6. The summed E-state index contributed by atoms with van der Waals surface area (Å²) in [6, 6.07) is 27.8. The smallest absolute Gasteiger partial charge is 0.407 e. The minimum atomic E-state index is -3.09. The normalized spacial score (nSPS) is 13.8. The number of carbonyl (C=O) groups is 1. The average Bonchev–Trinajstić information content (AvgIpc) is 2.91. The van der Waals surface area contributed by atoms with Crippen molar-refractivity contribution in [3.05, 3.63) is 90.5 Å². The van der Waals surface area contributed by atoms with Crippen LogP contribution in [0.15, 0.2) is 84.9 Å². The number of hydrogen-bond donors (Lipinski definition) is 3. The molecule has 7 heteroatoms. The van der Waals surface area contributed by atoms with Gasteiger partial charge in [0.2, 0.25) is 0 Å². The van der Waals surface area contributed by atoms with Crippen LogP contribution in [0.2, 0.25) is 5.04 Å². The third kappa shape index (κ3) is 8.43. The minimum Gasteiger partial charge on any atom is -0.490 e. The molecule has 0 aliphatic carbocycles. The Labute approximate surface area is 240 Å². The SMILES string of the molecule is C[C@H](CCC(C)(C)[Si](O)(c1ccccc1)c1ccccc1)Oc1ccccc1CC(O)CNC(=O)OC(C)(C)C. The van der Waals surface area contributed by atoms with E-state index in [2.05, 4.69) is 19.2 Å². The number of para-hydroxylation sites is 1. The highest BCUT2D eigenvalue weighted by Gasteiger charge is 2.49. The van der Waals surface area contributed by atoms with Gasteiger partial charge in [-0.1, -0.05) is 92.7 Å². The standard InChI is InChI=1S/C33H45NO5Si/c1-25(38-30-20-14-13-15-26(30)23-27(35)24-34-31(36)39-32(2,3)4)21-22-33(5,6)40(37,28-16-9-7-10-17-28)29-18-11-8-12-19-29/h7-20,25,27,35,37H,21-24H2,1-6H3,(H,34,36)/t25-,27?/m1/s1. The molecule has 3 aromatic rings.